The summed E-state index contributed by atoms with van der Waals surface area (Å²) in [4.78, 5) is 11.0. The van der Waals surface area contributed by atoms with Crippen molar-refractivity contribution in [1.29, 1.82) is 5.26 Å². The number of nitrogen functional groups attached to an aromatic ring is 1. The molecule has 0 aliphatic carbocycles. The second kappa shape index (κ2) is 4.60. The van der Waals surface area contributed by atoms with Crippen LogP contribution >= 0.6 is 0 Å². The van der Waals surface area contributed by atoms with E-state index in [2.05, 4.69) is 0 Å². The van der Waals surface area contributed by atoms with Gasteiger partial charge >= 0.3 is 0 Å². The summed E-state index contributed by atoms with van der Waals surface area (Å²) in [6, 6.07) is 14.1. The Balaban J connectivity index is 2.40. The molecule has 0 heterocycles. The Morgan fingerprint density at radius 3 is 2.17 bits per heavy atom. The minimum absolute atomic E-state index is 0.439. The molecule has 88 valence electrons. The summed E-state index contributed by atoms with van der Waals surface area (Å²) in [5, 5.41) is 8.80. The van der Waals surface area contributed by atoms with Crippen LogP contribution in [0.1, 0.15) is 15.9 Å². The topological polar surface area (TPSA) is 92.9 Å². The van der Waals surface area contributed by atoms with Crippen molar-refractivity contribution < 1.29 is 4.79 Å². The Hall–Kier alpha value is -2.80. The molecule has 4 N–H and O–H groups in total. The maximum absolute atomic E-state index is 11.0. The molecule has 0 saturated carbocycles. The predicted molar refractivity (Wildman–Crippen MR) is 69.5 cm³/mol. The van der Waals surface area contributed by atoms with Gasteiger partial charge < -0.3 is 11.5 Å². The SMILES string of the molecule is N#Cc1ccc(-c2ccc(C(N)=O)cc2)cc1N. The van der Waals surface area contributed by atoms with E-state index in [0.29, 0.717) is 16.8 Å². The number of primary amides is 1. The first-order chi connectivity index (χ1) is 8.61. The number of hydrogen-bond acceptors (Lipinski definition) is 3. The third-order valence-electron chi connectivity index (χ3n) is 2.67. The second-order valence-electron chi connectivity index (χ2n) is 3.86. The third kappa shape index (κ3) is 2.15. The summed E-state index contributed by atoms with van der Waals surface area (Å²) in [7, 11) is 0. The van der Waals surface area contributed by atoms with Crippen molar-refractivity contribution in [2.45, 2.75) is 0 Å². The van der Waals surface area contributed by atoms with Crippen LogP contribution in [0.5, 0.6) is 0 Å². The molecule has 4 nitrogen and oxygen atoms in total. The highest BCUT2D eigenvalue weighted by Crippen LogP contribution is 2.24. The lowest BCUT2D eigenvalue weighted by atomic mass is 10.0. The average Bonchev–Trinajstić information content (AvgIpc) is 2.38. The molecule has 4 heteroatoms. The van der Waals surface area contributed by atoms with E-state index < -0.39 is 5.91 Å². The zero-order valence-corrected chi connectivity index (χ0v) is 9.55. The first-order valence-corrected chi connectivity index (χ1v) is 5.31. The molecule has 0 radical (unpaired) electrons. The van der Waals surface area contributed by atoms with Gasteiger partial charge in [0.1, 0.15) is 6.07 Å². The first kappa shape index (κ1) is 11.7. The Kier molecular flexibility index (Phi) is 2.98. The number of rotatable bonds is 2. The van der Waals surface area contributed by atoms with Crippen molar-refractivity contribution in [3.63, 3.8) is 0 Å². The van der Waals surface area contributed by atoms with Crippen LogP contribution in [0.3, 0.4) is 0 Å². The van der Waals surface area contributed by atoms with Crippen LogP contribution in [-0.2, 0) is 0 Å². The third-order valence-corrected chi connectivity index (χ3v) is 2.67. The molecular weight excluding hydrogens is 226 g/mol. The molecule has 0 atom stereocenters. The largest absolute Gasteiger partial charge is 0.398 e. The van der Waals surface area contributed by atoms with Gasteiger partial charge in [0, 0.05) is 5.56 Å². The van der Waals surface area contributed by atoms with Crippen molar-refractivity contribution in [2.24, 2.45) is 5.73 Å². The summed E-state index contributed by atoms with van der Waals surface area (Å²) >= 11 is 0. The maximum atomic E-state index is 11.0. The highest BCUT2D eigenvalue weighted by atomic mass is 16.1. The lowest BCUT2D eigenvalue weighted by Gasteiger charge is -2.05. The van der Waals surface area contributed by atoms with Crippen molar-refractivity contribution >= 4 is 11.6 Å². The highest BCUT2D eigenvalue weighted by Gasteiger charge is 2.04. The number of nitriles is 1. The van der Waals surface area contributed by atoms with E-state index >= 15 is 0 Å². The Morgan fingerprint density at radius 1 is 1.06 bits per heavy atom. The van der Waals surface area contributed by atoms with Crippen LogP contribution in [0.4, 0.5) is 5.69 Å². The molecule has 0 saturated heterocycles. The van der Waals surface area contributed by atoms with E-state index in [1.807, 2.05) is 12.1 Å². The van der Waals surface area contributed by atoms with Gasteiger partial charge in [0.15, 0.2) is 0 Å². The van der Waals surface area contributed by atoms with Crippen molar-refractivity contribution in [1.82, 2.24) is 0 Å². The van der Waals surface area contributed by atoms with E-state index in [1.54, 1.807) is 36.4 Å². The smallest absolute Gasteiger partial charge is 0.248 e. The molecule has 2 aromatic carbocycles. The summed E-state index contributed by atoms with van der Waals surface area (Å²) in [6.07, 6.45) is 0. The van der Waals surface area contributed by atoms with Gasteiger partial charge in [-0.3, -0.25) is 4.79 Å². The van der Waals surface area contributed by atoms with Crippen LogP contribution < -0.4 is 11.5 Å². The number of nitrogens with zero attached hydrogens (tertiary/aromatic N) is 1. The van der Waals surface area contributed by atoms with Gasteiger partial charge in [-0.05, 0) is 35.4 Å². The number of carbonyl (C=O) groups is 1. The number of benzene rings is 2. The summed E-state index contributed by atoms with van der Waals surface area (Å²) in [6.45, 7) is 0. The van der Waals surface area contributed by atoms with Gasteiger partial charge in [0.25, 0.3) is 0 Å². The summed E-state index contributed by atoms with van der Waals surface area (Å²) < 4.78 is 0. The lowest BCUT2D eigenvalue weighted by Crippen LogP contribution is -2.10. The van der Waals surface area contributed by atoms with Crippen molar-refractivity contribution in [3.8, 4) is 17.2 Å². The molecular formula is C14H11N3O. The summed E-state index contributed by atoms with van der Waals surface area (Å²) in [5.74, 6) is -0.458. The van der Waals surface area contributed by atoms with Crippen LogP contribution in [-0.4, -0.2) is 5.91 Å². The Bertz CT molecular complexity index is 639. The van der Waals surface area contributed by atoms with E-state index in [9.17, 15) is 4.79 Å². The summed E-state index contributed by atoms with van der Waals surface area (Å²) in [5.41, 5.74) is 14.1. The number of nitrogens with two attached hydrogens (primary N) is 2. The molecule has 0 aromatic heterocycles. The van der Waals surface area contributed by atoms with Crippen molar-refractivity contribution in [2.75, 3.05) is 5.73 Å². The van der Waals surface area contributed by atoms with E-state index in [4.69, 9.17) is 16.7 Å². The van der Waals surface area contributed by atoms with Crippen molar-refractivity contribution in [3.05, 3.63) is 53.6 Å². The fourth-order valence-corrected chi connectivity index (χ4v) is 1.67. The van der Waals surface area contributed by atoms with Gasteiger partial charge in [-0.15, -0.1) is 0 Å². The van der Waals surface area contributed by atoms with Gasteiger partial charge in [0.05, 0.1) is 11.3 Å². The van der Waals surface area contributed by atoms with Gasteiger partial charge in [-0.2, -0.15) is 5.26 Å². The lowest BCUT2D eigenvalue weighted by molar-refractivity contribution is 0.100. The minimum Gasteiger partial charge on any atom is -0.398 e. The monoisotopic (exact) mass is 237 g/mol. The molecule has 0 aliphatic heterocycles. The molecule has 2 aromatic rings. The molecule has 1 amide bonds. The van der Waals surface area contributed by atoms with Gasteiger partial charge in [0.2, 0.25) is 5.91 Å². The highest BCUT2D eigenvalue weighted by molar-refractivity contribution is 5.93. The molecule has 0 unspecified atom stereocenters. The number of anilines is 1. The molecule has 0 fully saturated rings. The van der Waals surface area contributed by atoms with Crippen LogP contribution in [0.25, 0.3) is 11.1 Å². The predicted octanol–water partition coefficient (Wildman–Crippen LogP) is 1.91. The second-order valence-corrected chi connectivity index (χ2v) is 3.86. The fraction of sp³-hybridized carbons (Fsp3) is 0. The van der Waals surface area contributed by atoms with E-state index in [0.717, 1.165) is 11.1 Å². The normalized spacial score (nSPS) is 9.72. The standard InChI is InChI=1S/C14H11N3O/c15-8-12-6-5-11(7-13(12)16)9-1-3-10(4-2-9)14(17)18/h1-7H,16H2,(H2,17,18). The molecule has 0 aliphatic rings. The van der Waals surface area contributed by atoms with E-state index in [1.165, 1.54) is 0 Å². The quantitative estimate of drug-likeness (QED) is 0.781. The number of carbonyl (C=O) groups excluding carboxylic acids is 1. The zero-order valence-electron chi connectivity index (χ0n) is 9.55. The maximum Gasteiger partial charge on any atom is 0.248 e. The number of hydrogen-bond donors (Lipinski definition) is 2. The van der Waals surface area contributed by atoms with Crippen LogP contribution in [0.15, 0.2) is 42.5 Å². The van der Waals surface area contributed by atoms with Crippen LogP contribution in [0, 0.1) is 11.3 Å². The number of amides is 1. The van der Waals surface area contributed by atoms with Gasteiger partial charge in [-0.1, -0.05) is 18.2 Å². The Labute approximate surface area is 104 Å². The van der Waals surface area contributed by atoms with E-state index in [-0.39, 0.29) is 0 Å². The Morgan fingerprint density at radius 2 is 1.67 bits per heavy atom. The zero-order chi connectivity index (χ0) is 13.1. The van der Waals surface area contributed by atoms with Crippen LogP contribution in [0.2, 0.25) is 0 Å². The van der Waals surface area contributed by atoms with Gasteiger partial charge in [-0.25, -0.2) is 0 Å². The minimum atomic E-state index is -0.458. The fourth-order valence-electron chi connectivity index (χ4n) is 1.67. The molecule has 18 heavy (non-hydrogen) atoms. The first-order valence-electron chi connectivity index (χ1n) is 5.31. The molecule has 0 spiro atoms. The average molecular weight is 237 g/mol. The molecule has 0 bridgehead atoms. The molecule has 2 rings (SSSR count).